The van der Waals surface area contributed by atoms with Crippen LogP contribution >= 0.6 is 0 Å². The summed E-state index contributed by atoms with van der Waals surface area (Å²) in [6.45, 7) is 11.0. The molecule has 50 heavy (non-hydrogen) atoms. The van der Waals surface area contributed by atoms with Gasteiger partial charge in [-0.2, -0.15) is 18.2 Å². The van der Waals surface area contributed by atoms with E-state index in [1.807, 2.05) is 30.3 Å². The maximum atomic E-state index is 13.0. The molecule has 1 unspecified atom stereocenters. The fourth-order valence-electron chi connectivity index (χ4n) is 5.34. The average molecular weight is 696 g/mol. The number of likely N-dealkylation sites (tertiary alicyclic amines) is 1. The lowest BCUT2D eigenvalue weighted by atomic mass is 10.1. The molecule has 0 bridgehead atoms. The first-order valence-electron chi connectivity index (χ1n) is 16.2. The van der Waals surface area contributed by atoms with Gasteiger partial charge in [-0.05, 0) is 95.0 Å². The van der Waals surface area contributed by atoms with Gasteiger partial charge in [0.15, 0.2) is 0 Å². The van der Waals surface area contributed by atoms with Gasteiger partial charge in [-0.3, -0.25) is 5.32 Å². The topological polar surface area (TPSA) is 128 Å². The van der Waals surface area contributed by atoms with Crippen molar-refractivity contribution >= 4 is 28.9 Å². The van der Waals surface area contributed by atoms with Gasteiger partial charge >= 0.3 is 18.4 Å². The molecule has 266 valence electrons. The molecule has 1 saturated heterocycles. The maximum absolute atomic E-state index is 13.0. The van der Waals surface area contributed by atoms with E-state index in [4.69, 9.17) is 18.7 Å². The van der Waals surface area contributed by atoms with Gasteiger partial charge in [-0.1, -0.05) is 41.6 Å². The van der Waals surface area contributed by atoms with Crippen molar-refractivity contribution in [3.63, 3.8) is 0 Å². The Balaban J connectivity index is 1.29. The van der Waals surface area contributed by atoms with E-state index in [0.29, 0.717) is 48.5 Å². The minimum atomic E-state index is -4.39. The number of rotatable bonds is 6. The number of carbonyl (C=O) groups is 2. The number of alkyl halides is 3. The third-order valence-electron chi connectivity index (χ3n) is 7.44. The predicted octanol–water partition coefficient (Wildman–Crippen LogP) is 8.48. The van der Waals surface area contributed by atoms with Crippen molar-refractivity contribution in [2.75, 3.05) is 13.2 Å². The number of alkyl carbamates (subject to hydrolysis) is 1. The highest BCUT2D eigenvalue weighted by Gasteiger charge is 2.35. The number of benzene rings is 3. The molecule has 2 amide bonds. The molecule has 1 fully saturated rings. The minimum absolute atomic E-state index is 0.0469. The first-order valence-corrected chi connectivity index (χ1v) is 16.2. The van der Waals surface area contributed by atoms with Gasteiger partial charge in [0, 0.05) is 18.5 Å². The molecule has 1 aliphatic heterocycles. The number of hydrogen-bond acceptors (Lipinski definition) is 8. The van der Waals surface area contributed by atoms with Crippen LogP contribution < -0.4 is 10.1 Å². The Morgan fingerprint density at radius 1 is 0.960 bits per heavy atom. The molecule has 5 rings (SSSR count). The number of nitrogens with one attached hydrogen (secondary N) is 1. The molecule has 11 nitrogen and oxygen atoms in total. The number of amides is 2. The highest BCUT2D eigenvalue weighted by Crippen LogP contribution is 2.34. The Bertz CT molecular complexity index is 1880. The first kappa shape index (κ1) is 36.1. The molecular weight excluding hydrogens is 655 g/mol. The molecule has 0 saturated carbocycles. The smallest absolute Gasteiger partial charge is 0.437 e. The van der Waals surface area contributed by atoms with Crippen molar-refractivity contribution in [1.82, 2.24) is 20.4 Å². The lowest BCUT2D eigenvalue weighted by Gasteiger charge is -2.27. The Morgan fingerprint density at radius 2 is 1.68 bits per heavy atom. The largest absolute Gasteiger partial charge is 0.493 e. The third kappa shape index (κ3) is 9.73. The summed E-state index contributed by atoms with van der Waals surface area (Å²) < 4.78 is 61.4. The monoisotopic (exact) mass is 695 g/mol. The summed E-state index contributed by atoms with van der Waals surface area (Å²) in [6.07, 6.45) is -4.43. The van der Waals surface area contributed by atoms with Crippen molar-refractivity contribution in [3.8, 4) is 17.1 Å². The Morgan fingerprint density at radius 3 is 2.40 bits per heavy atom. The maximum Gasteiger partial charge on any atom is 0.437 e. The minimum Gasteiger partial charge on any atom is -0.493 e. The fraction of sp³-hybridized carbons (Fsp3) is 0.417. The van der Waals surface area contributed by atoms with Crippen molar-refractivity contribution < 1.29 is 41.5 Å². The number of ether oxygens (including phenoxy) is 3. The lowest BCUT2D eigenvalue weighted by Crippen LogP contribution is -2.46. The normalized spacial score (nSPS) is 15.7. The summed E-state index contributed by atoms with van der Waals surface area (Å²) in [5.74, 6) is 1.17. The first-order chi connectivity index (χ1) is 23.4. The van der Waals surface area contributed by atoms with Crippen LogP contribution in [0.3, 0.4) is 0 Å². The molecule has 1 atom stereocenters. The van der Waals surface area contributed by atoms with E-state index in [9.17, 15) is 22.8 Å². The average Bonchev–Trinajstić information content (AvgIpc) is 3.69. The third-order valence-corrected chi connectivity index (χ3v) is 7.44. The van der Waals surface area contributed by atoms with Crippen LogP contribution in [0.2, 0.25) is 0 Å². The van der Waals surface area contributed by atoms with Crippen LogP contribution in [-0.4, -0.2) is 57.5 Å². The molecule has 3 aromatic carbocycles. The van der Waals surface area contributed by atoms with Crippen LogP contribution in [0, 0.1) is 0 Å². The zero-order valence-corrected chi connectivity index (χ0v) is 28.8. The van der Waals surface area contributed by atoms with Crippen LogP contribution in [0.25, 0.3) is 22.2 Å². The summed E-state index contributed by atoms with van der Waals surface area (Å²) in [4.78, 5) is 35.8. The Kier molecular flexibility index (Phi) is 10.4. The second-order valence-corrected chi connectivity index (χ2v) is 13.9. The highest BCUT2D eigenvalue weighted by atomic mass is 19.4. The predicted molar refractivity (Wildman–Crippen MR) is 180 cm³/mol. The van der Waals surface area contributed by atoms with Gasteiger partial charge in [0.05, 0.1) is 12.2 Å². The van der Waals surface area contributed by atoms with Gasteiger partial charge in [0.2, 0.25) is 17.7 Å². The van der Waals surface area contributed by atoms with Crippen molar-refractivity contribution in [2.45, 2.75) is 84.2 Å². The standard InChI is InChI=1S/C36H40F3N5O6/c1-34(2,3)48-32(45)41-31(42-33(46)49-35(4,5)6)44-17-8-11-28(44)30-40-29(43-50-30)25-13-12-24-21-27(15-14-23(24)20-25)47-18-16-22-9-7-10-26(19-22)36(37,38)39/h7,9-10,12-15,19-21,28H,8,11,16-18H2,1-6H3,(H,41,42,45,46). The van der Waals surface area contributed by atoms with Crippen molar-refractivity contribution in [2.24, 2.45) is 4.99 Å². The SMILES string of the molecule is CC(C)(C)OC(=O)N=C(NC(=O)OC(C)(C)C)N1CCCC1c1nc(-c2ccc3cc(OCCc4cccc(C(F)(F)F)c4)ccc3c2)no1. The quantitative estimate of drug-likeness (QED) is 0.156. The van der Waals surface area contributed by atoms with Crippen LogP contribution in [-0.2, 0) is 22.1 Å². The summed E-state index contributed by atoms with van der Waals surface area (Å²) in [5, 5.41) is 8.57. The van der Waals surface area contributed by atoms with E-state index >= 15 is 0 Å². The molecule has 1 N–H and O–H groups in total. The Labute approximate surface area is 287 Å². The summed E-state index contributed by atoms with van der Waals surface area (Å²) >= 11 is 0. The number of carbonyl (C=O) groups excluding carboxylic acids is 2. The zero-order chi connectivity index (χ0) is 36.3. The van der Waals surface area contributed by atoms with Gasteiger partial charge in [0.25, 0.3) is 0 Å². The fourth-order valence-corrected chi connectivity index (χ4v) is 5.34. The van der Waals surface area contributed by atoms with E-state index in [1.54, 1.807) is 58.6 Å². The number of hydrogen-bond donors (Lipinski definition) is 1. The number of aliphatic imine (C=N–C) groups is 1. The molecule has 2 heterocycles. The van der Waals surface area contributed by atoms with E-state index in [-0.39, 0.29) is 18.5 Å². The molecule has 0 aliphatic carbocycles. The van der Waals surface area contributed by atoms with Crippen LogP contribution in [0.5, 0.6) is 5.75 Å². The second kappa shape index (κ2) is 14.4. The van der Waals surface area contributed by atoms with E-state index in [1.165, 1.54) is 6.07 Å². The number of guanidine groups is 1. The molecule has 0 radical (unpaired) electrons. The Hall–Kier alpha value is -5.14. The van der Waals surface area contributed by atoms with Crippen LogP contribution in [0.15, 0.2) is 70.2 Å². The van der Waals surface area contributed by atoms with E-state index in [2.05, 4.69) is 20.4 Å². The number of halogens is 3. The molecule has 14 heteroatoms. The van der Waals surface area contributed by atoms with Crippen LogP contribution in [0.1, 0.15) is 77.4 Å². The zero-order valence-electron chi connectivity index (χ0n) is 28.8. The summed E-state index contributed by atoms with van der Waals surface area (Å²) in [7, 11) is 0. The van der Waals surface area contributed by atoms with E-state index in [0.717, 1.165) is 22.9 Å². The summed E-state index contributed by atoms with van der Waals surface area (Å²) in [5.41, 5.74) is -1.02. The van der Waals surface area contributed by atoms with E-state index < -0.39 is 41.2 Å². The van der Waals surface area contributed by atoms with Crippen LogP contribution in [0.4, 0.5) is 22.8 Å². The number of fused-ring (bicyclic) bond motifs is 1. The number of nitrogens with zero attached hydrogens (tertiary/aromatic N) is 4. The lowest BCUT2D eigenvalue weighted by molar-refractivity contribution is -0.137. The highest BCUT2D eigenvalue weighted by molar-refractivity contribution is 5.99. The van der Waals surface area contributed by atoms with Gasteiger partial charge in [-0.15, -0.1) is 4.99 Å². The van der Waals surface area contributed by atoms with Gasteiger partial charge < -0.3 is 23.6 Å². The van der Waals surface area contributed by atoms with Crippen molar-refractivity contribution in [1.29, 1.82) is 0 Å². The number of aromatic nitrogens is 2. The van der Waals surface area contributed by atoms with Gasteiger partial charge in [-0.25, -0.2) is 9.59 Å². The molecule has 0 spiro atoms. The molecule has 4 aromatic rings. The second-order valence-electron chi connectivity index (χ2n) is 13.9. The summed E-state index contributed by atoms with van der Waals surface area (Å²) in [6, 6.07) is 15.9. The molecule has 1 aliphatic rings. The van der Waals surface area contributed by atoms with Gasteiger partial charge in [0.1, 0.15) is 23.0 Å². The molecule has 1 aromatic heterocycles. The molecular formula is C36H40F3N5O6. The van der Waals surface area contributed by atoms with Crippen molar-refractivity contribution in [3.05, 3.63) is 77.7 Å².